The van der Waals surface area contributed by atoms with Crippen molar-refractivity contribution < 1.29 is 19.1 Å². The van der Waals surface area contributed by atoms with Crippen LogP contribution in [0.4, 0.5) is 0 Å². The molecule has 14 heavy (non-hydrogen) atoms. The van der Waals surface area contributed by atoms with Crippen molar-refractivity contribution in [3.63, 3.8) is 0 Å². The maximum absolute atomic E-state index is 11.1. The predicted molar refractivity (Wildman–Crippen MR) is 50.5 cm³/mol. The molecule has 0 radical (unpaired) electrons. The van der Waals surface area contributed by atoms with Crippen molar-refractivity contribution in [1.82, 2.24) is 0 Å². The Hall–Kier alpha value is -1.10. The second-order valence-electron chi connectivity index (χ2n) is 2.78. The van der Waals surface area contributed by atoms with Gasteiger partial charge < -0.3 is 15.2 Å². The minimum Gasteiger partial charge on any atom is -0.466 e. The molecule has 0 bridgehead atoms. The molecule has 0 saturated carbocycles. The Morgan fingerprint density at radius 3 is 2.43 bits per heavy atom. The molecule has 2 N–H and O–H groups in total. The maximum atomic E-state index is 11.1. The van der Waals surface area contributed by atoms with Crippen molar-refractivity contribution in [2.75, 3.05) is 13.2 Å². The molecule has 0 fully saturated rings. The molecule has 82 valence electrons. The van der Waals surface area contributed by atoms with Crippen LogP contribution in [0.3, 0.4) is 0 Å². The molecule has 5 heteroatoms. The van der Waals surface area contributed by atoms with Gasteiger partial charge in [-0.15, -0.1) is 0 Å². The number of rotatable bonds is 6. The van der Waals surface area contributed by atoms with Gasteiger partial charge in [0, 0.05) is 0 Å². The summed E-state index contributed by atoms with van der Waals surface area (Å²) < 4.78 is 9.40. The van der Waals surface area contributed by atoms with Crippen molar-refractivity contribution in [2.45, 2.75) is 32.7 Å². The predicted octanol–water partition coefficient (Wildman–Crippen LogP) is 0.220. The van der Waals surface area contributed by atoms with E-state index in [-0.39, 0.29) is 13.0 Å². The molecule has 0 aromatic rings. The van der Waals surface area contributed by atoms with Crippen LogP contribution < -0.4 is 5.73 Å². The van der Waals surface area contributed by atoms with Crippen molar-refractivity contribution in [2.24, 2.45) is 5.73 Å². The quantitative estimate of drug-likeness (QED) is 0.625. The summed E-state index contributed by atoms with van der Waals surface area (Å²) in [6.07, 6.45) is 0.605. The van der Waals surface area contributed by atoms with E-state index in [1.54, 1.807) is 6.92 Å². The Balaban J connectivity index is 3.76. The molecule has 0 rings (SSSR count). The van der Waals surface area contributed by atoms with Gasteiger partial charge in [0.15, 0.2) is 0 Å². The minimum absolute atomic E-state index is 0.129. The van der Waals surface area contributed by atoms with Crippen molar-refractivity contribution >= 4 is 11.9 Å². The highest BCUT2D eigenvalue weighted by Crippen LogP contribution is 1.96. The summed E-state index contributed by atoms with van der Waals surface area (Å²) in [5.41, 5.74) is 5.41. The van der Waals surface area contributed by atoms with Gasteiger partial charge in [-0.1, -0.05) is 6.92 Å². The smallest absolute Gasteiger partial charge is 0.323 e. The summed E-state index contributed by atoms with van der Waals surface area (Å²) in [4.78, 5) is 22.0. The van der Waals surface area contributed by atoms with E-state index < -0.39 is 18.0 Å². The van der Waals surface area contributed by atoms with Crippen LogP contribution in [-0.2, 0) is 19.1 Å². The molecule has 0 saturated heterocycles. The molecular formula is C9H17NO4. The summed E-state index contributed by atoms with van der Waals surface area (Å²) >= 11 is 0. The van der Waals surface area contributed by atoms with Crippen molar-refractivity contribution in [1.29, 1.82) is 0 Å². The minimum atomic E-state index is -0.916. The SMILES string of the molecule is CCCOC(=O)C(N)CC(=O)OCC. The average molecular weight is 203 g/mol. The van der Waals surface area contributed by atoms with Crippen LogP contribution in [0, 0.1) is 0 Å². The normalized spacial score (nSPS) is 11.9. The lowest BCUT2D eigenvalue weighted by Crippen LogP contribution is -2.35. The first kappa shape index (κ1) is 12.9. The van der Waals surface area contributed by atoms with E-state index in [4.69, 9.17) is 10.5 Å². The Morgan fingerprint density at radius 2 is 1.93 bits per heavy atom. The van der Waals surface area contributed by atoms with Gasteiger partial charge in [0.1, 0.15) is 6.04 Å². The van der Waals surface area contributed by atoms with Crippen LogP contribution in [0.15, 0.2) is 0 Å². The van der Waals surface area contributed by atoms with Crippen LogP contribution in [0.5, 0.6) is 0 Å². The zero-order valence-corrected chi connectivity index (χ0v) is 8.62. The number of ether oxygens (including phenoxy) is 2. The highest BCUT2D eigenvalue weighted by molar-refractivity contribution is 5.82. The third-order valence-electron chi connectivity index (χ3n) is 1.44. The van der Waals surface area contributed by atoms with E-state index in [2.05, 4.69) is 4.74 Å². The average Bonchev–Trinajstić information content (AvgIpc) is 2.14. The van der Waals surface area contributed by atoms with Crippen LogP contribution in [0.25, 0.3) is 0 Å². The molecule has 0 heterocycles. The van der Waals surface area contributed by atoms with Gasteiger partial charge in [0.25, 0.3) is 0 Å². The Kier molecular flexibility index (Phi) is 6.74. The van der Waals surface area contributed by atoms with Gasteiger partial charge in [0.05, 0.1) is 19.6 Å². The third-order valence-corrected chi connectivity index (χ3v) is 1.44. The summed E-state index contributed by atoms with van der Waals surface area (Å²) in [7, 11) is 0. The molecule has 0 aromatic carbocycles. The third kappa shape index (κ3) is 5.53. The largest absolute Gasteiger partial charge is 0.466 e. The van der Waals surface area contributed by atoms with Gasteiger partial charge in [-0.25, -0.2) is 0 Å². The highest BCUT2D eigenvalue weighted by Gasteiger charge is 2.19. The number of hydrogen-bond donors (Lipinski definition) is 1. The molecule has 5 nitrogen and oxygen atoms in total. The van der Waals surface area contributed by atoms with E-state index in [1.807, 2.05) is 6.92 Å². The van der Waals surface area contributed by atoms with E-state index in [1.165, 1.54) is 0 Å². The van der Waals surface area contributed by atoms with Gasteiger partial charge in [-0.3, -0.25) is 9.59 Å². The molecule has 0 aliphatic rings. The van der Waals surface area contributed by atoms with Gasteiger partial charge in [-0.05, 0) is 13.3 Å². The number of hydrogen-bond acceptors (Lipinski definition) is 5. The topological polar surface area (TPSA) is 78.6 Å². The Bertz CT molecular complexity index is 193. The number of carbonyl (C=O) groups is 2. The Morgan fingerprint density at radius 1 is 1.29 bits per heavy atom. The number of esters is 2. The molecule has 0 aliphatic carbocycles. The van der Waals surface area contributed by atoms with E-state index in [0.29, 0.717) is 6.61 Å². The first-order chi connectivity index (χ1) is 6.61. The lowest BCUT2D eigenvalue weighted by Gasteiger charge is -2.09. The van der Waals surface area contributed by atoms with E-state index in [9.17, 15) is 9.59 Å². The van der Waals surface area contributed by atoms with Gasteiger partial charge in [-0.2, -0.15) is 0 Å². The lowest BCUT2D eigenvalue weighted by molar-refractivity contribution is -0.151. The lowest BCUT2D eigenvalue weighted by atomic mass is 10.2. The van der Waals surface area contributed by atoms with Crippen molar-refractivity contribution in [3.8, 4) is 0 Å². The summed E-state index contributed by atoms with van der Waals surface area (Å²) in [5.74, 6) is -1.03. The standard InChI is InChI=1S/C9H17NO4/c1-3-5-14-9(12)7(10)6-8(11)13-4-2/h7H,3-6,10H2,1-2H3. The number of nitrogens with two attached hydrogens (primary N) is 1. The maximum Gasteiger partial charge on any atom is 0.323 e. The molecule has 0 aliphatic heterocycles. The van der Waals surface area contributed by atoms with Crippen LogP contribution >= 0.6 is 0 Å². The van der Waals surface area contributed by atoms with Crippen LogP contribution in [-0.4, -0.2) is 31.2 Å². The number of carbonyl (C=O) groups excluding carboxylic acids is 2. The molecule has 1 unspecified atom stereocenters. The van der Waals surface area contributed by atoms with E-state index in [0.717, 1.165) is 6.42 Å². The molecular weight excluding hydrogens is 186 g/mol. The fourth-order valence-corrected chi connectivity index (χ4v) is 0.792. The van der Waals surface area contributed by atoms with Crippen LogP contribution in [0.2, 0.25) is 0 Å². The van der Waals surface area contributed by atoms with E-state index >= 15 is 0 Å². The van der Waals surface area contributed by atoms with Crippen molar-refractivity contribution in [3.05, 3.63) is 0 Å². The molecule has 0 aromatic heterocycles. The first-order valence-electron chi connectivity index (χ1n) is 4.69. The molecule has 1 atom stereocenters. The summed E-state index contributed by atoms with van der Waals surface area (Å²) in [6.45, 7) is 4.19. The second-order valence-corrected chi connectivity index (χ2v) is 2.78. The van der Waals surface area contributed by atoms with Gasteiger partial charge in [0.2, 0.25) is 0 Å². The summed E-state index contributed by atoms with van der Waals surface area (Å²) in [5, 5.41) is 0. The molecule has 0 spiro atoms. The van der Waals surface area contributed by atoms with Crippen LogP contribution in [0.1, 0.15) is 26.7 Å². The monoisotopic (exact) mass is 203 g/mol. The molecule has 0 amide bonds. The first-order valence-corrected chi connectivity index (χ1v) is 4.69. The summed E-state index contributed by atoms with van der Waals surface area (Å²) in [6, 6.07) is -0.916. The second kappa shape index (κ2) is 7.32. The zero-order valence-electron chi connectivity index (χ0n) is 8.62. The Labute approximate surface area is 83.5 Å². The fourth-order valence-electron chi connectivity index (χ4n) is 0.792. The fraction of sp³-hybridized carbons (Fsp3) is 0.778. The van der Waals surface area contributed by atoms with Gasteiger partial charge >= 0.3 is 11.9 Å². The zero-order chi connectivity index (χ0) is 11.0. The highest BCUT2D eigenvalue weighted by atomic mass is 16.5.